The minimum Gasteiger partial charge on any atom is -0.382 e. The molecule has 0 aromatic carbocycles. The quantitative estimate of drug-likeness (QED) is 0.707. The number of pyridine rings is 1. The van der Waals surface area contributed by atoms with E-state index in [9.17, 15) is 4.79 Å². The standard InChI is InChI=1S/C14H15N5O2/c1-18-12(4-6-17-18)13(8-21-2)19-9-16-11-3-5-15-7-10(11)14(19)20/h3-7,9,13H,8H2,1-2H3/t13-/m1/s1. The Morgan fingerprint density at radius 2 is 2.19 bits per heavy atom. The van der Waals surface area contributed by atoms with E-state index in [1.165, 1.54) is 6.20 Å². The molecule has 0 unspecified atom stereocenters. The summed E-state index contributed by atoms with van der Waals surface area (Å²) in [4.78, 5) is 21.0. The highest BCUT2D eigenvalue weighted by Crippen LogP contribution is 2.17. The van der Waals surface area contributed by atoms with Crippen molar-refractivity contribution in [2.75, 3.05) is 13.7 Å². The van der Waals surface area contributed by atoms with Crippen molar-refractivity contribution in [3.05, 3.63) is 53.1 Å². The van der Waals surface area contributed by atoms with Crippen molar-refractivity contribution in [1.29, 1.82) is 0 Å². The molecule has 0 fully saturated rings. The molecule has 3 aromatic heterocycles. The molecule has 0 aliphatic heterocycles. The SMILES string of the molecule is COC[C@H](c1ccnn1C)n1cnc2ccncc2c1=O. The zero-order chi connectivity index (χ0) is 14.8. The van der Waals surface area contributed by atoms with Gasteiger partial charge in [-0.15, -0.1) is 0 Å². The Hall–Kier alpha value is -2.54. The maximum atomic E-state index is 12.6. The van der Waals surface area contributed by atoms with Crippen LogP contribution in [0.4, 0.5) is 0 Å². The highest BCUT2D eigenvalue weighted by Gasteiger charge is 2.19. The van der Waals surface area contributed by atoms with Gasteiger partial charge in [0.1, 0.15) is 6.04 Å². The number of aryl methyl sites for hydroxylation is 1. The molecule has 0 spiro atoms. The minimum absolute atomic E-state index is 0.142. The van der Waals surface area contributed by atoms with Crippen LogP contribution in [0.5, 0.6) is 0 Å². The van der Waals surface area contributed by atoms with Crippen molar-refractivity contribution in [2.45, 2.75) is 6.04 Å². The number of ether oxygens (including phenoxy) is 1. The van der Waals surface area contributed by atoms with Crippen LogP contribution in [0.25, 0.3) is 10.9 Å². The lowest BCUT2D eigenvalue weighted by atomic mass is 10.2. The number of hydrogen-bond acceptors (Lipinski definition) is 5. The number of methoxy groups -OCH3 is 1. The predicted molar refractivity (Wildman–Crippen MR) is 77.0 cm³/mol. The van der Waals surface area contributed by atoms with Crippen LogP contribution in [0.1, 0.15) is 11.7 Å². The van der Waals surface area contributed by atoms with Crippen molar-refractivity contribution in [3.8, 4) is 0 Å². The molecule has 0 radical (unpaired) electrons. The van der Waals surface area contributed by atoms with Crippen LogP contribution in [-0.4, -0.2) is 38.0 Å². The van der Waals surface area contributed by atoms with Crippen molar-refractivity contribution < 1.29 is 4.74 Å². The molecule has 0 aliphatic rings. The zero-order valence-electron chi connectivity index (χ0n) is 11.8. The smallest absolute Gasteiger partial charge is 0.263 e. The van der Waals surface area contributed by atoms with Crippen molar-refractivity contribution >= 4 is 10.9 Å². The molecule has 0 bridgehead atoms. The molecule has 21 heavy (non-hydrogen) atoms. The van der Waals surface area contributed by atoms with E-state index in [-0.39, 0.29) is 11.6 Å². The Labute approximate surface area is 120 Å². The van der Waals surface area contributed by atoms with Gasteiger partial charge in [0.15, 0.2) is 0 Å². The summed E-state index contributed by atoms with van der Waals surface area (Å²) in [7, 11) is 3.43. The average Bonchev–Trinajstić information content (AvgIpc) is 2.92. The van der Waals surface area contributed by atoms with Crippen LogP contribution in [-0.2, 0) is 11.8 Å². The summed E-state index contributed by atoms with van der Waals surface area (Å²) in [5, 5.41) is 4.64. The number of aromatic nitrogens is 5. The highest BCUT2D eigenvalue weighted by atomic mass is 16.5. The van der Waals surface area contributed by atoms with Gasteiger partial charge in [0.05, 0.1) is 29.5 Å². The van der Waals surface area contributed by atoms with Gasteiger partial charge in [-0.25, -0.2) is 4.98 Å². The highest BCUT2D eigenvalue weighted by molar-refractivity contribution is 5.75. The maximum absolute atomic E-state index is 12.6. The molecule has 7 nitrogen and oxygen atoms in total. The lowest BCUT2D eigenvalue weighted by Gasteiger charge is -2.19. The topological polar surface area (TPSA) is 74.8 Å². The minimum atomic E-state index is -0.285. The van der Waals surface area contributed by atoms with Gasteiger partial charge in [-0.1, -0.05) is 0 Å². The van der Waals surface area contributed by atoms with Crippen molar-refractivity contribution in [2.24, 2.45) is 7.05 Å². The second-order valence-corrected chi connectivity index (χ2v) is 4.70. The van der Waals surface area contributed by atoms with Crippen LogP contribution in [0.15, 0.2) is 41.8 Å². The van der Waals surface area contributed by atoms with Crippen LogP contribution in [0.3, 0.4) is 0 Å². The van der Waals surface area contributed by atoms with E-state index in [1.807, 2.05) is 13.1 Å². The van der Waals surface area contributed by atoms with Crippen molar-refractivity contribution in [3.63, 3.8) is 0 Å². The van der Waals surface area contributed by atoms with Gasteiger partial charge in [0, 0.05) is 32.7 Å². The Balaban J connectivity index is 2.18. The second-order valence-electron chi connectivity index (χ2n) is 4.70. The first-order valence-corrected chi connectivity index (χ1v) is 6.50. The summed E-state index contributed by atoms with van der Waals surface area (Å²) in [6.45, 7) is 0.354. The summed E-state index contributed by atoms with van der Waals surface area (Å²) < 4.78 is 8.55. The fourth-order valence-electron chi connectivity index (χ4n) is 2.38. The van der Waals surface area contributed by atoms with E-state index in [4.69, 9.17) is 4.74 Å². The molecule has 3 rings (SSSR count). The Morgan fingerprint density at radius 3 is 2.90 bits per heavy atom. The van der Waals surface area contributed by atoms with Gasteiger partial charge in [-0.2, -0.15) is 5.10 Å². The third kappa shape index (κ3) is 2.31. The molecule has 0 saturated carbocycles. The number of nitrogens with zero attached hydrogens (tertiary/aromatic N) is 5. The first-order chi connectivity index (χ1) is 10.2. The van der Waals surface area contributed by atoms with Crippen molar-refractivity contribution in [1.82, 2.24) is 24.3 Å². The van der Waals surface area contributed by atoms with E-state index >= 15 is 0 Å². The lowest BCUT2D eigenvalue weighted by Crippen LogP contribution is -2.30. The summed E-state index contributed by atoms with van der Waals surface area (Å²) in [5.41, 5.74) is 1.37. The number of rotatable bonds is 4. The zero-order valence-corrected chi connectivity index (χ0v) is 11.8. The van der Waals surface area contributed by atoms with E-state index in [0.29, 0.717) is 17.5 Å². The first kappa shape index (κ1) is 13.4. The van der Waals surface area contributed by atoms with Gasteiger partial charge in [0.25, 0.3) is 5.56 Å². The fraction of sp³-hybridized carbons (Fsp3) is 0.286. The molecule has 3 aromatic rings. The van der Waals surface area contributed by atoms with Crippen LogP contribution >= 0.6 is 0 Å². The van der Waals surface area contributed by atoms with Gasteiger partial charge in [-0.3, -0.25) is 19.0 Å². The third-order valence-corrected chi connectivity index (χ3v) is 3.44. The average molecular weight is 285 g/mol. The number of hydrogen-bond donors (Lipinski definition) is 0. The molecule has 7 heteroatoms. The predicted octanol–water partition coefficient (Wildman–Crippen LogP) is 0.761. The molecule has 1 atom stereocenters. The van der Waals surface area contributed by atoms with Gasteiger partial charge >= 0.3 is 0 Å². The summed E-state index contributed by atoms with van der Waals surface area (Å²) in [6, 6.07) is 3.30. The van der Waals surface area contributed by atoms with Gasteiger partial charge in [0.2, 0.25) is 0 Å². The maximum Gasteiger partial charge on any atom is 0.263 e. The number of fused-ring (bicyclic) bond motifs is 1. The van der Waals surface area contributed by atoms with Crippen LogP contribution in [0, 0.1) is 0 Å². The molecule has 0 saturated heterocycles. The lowest BCUT2D eigenvalue weighted by molar-refractivity contribution is 0.164. The van der Waals surface area contributed by atoms with E-state index in [2.05, 4.69) is 15.1 Å². The van der Waals surface area contributed by atoms with Crippen LogP contribution < -0.4 is 5.56 Å². The largest absolute Gasteiger partial charge is 0.382 e. The monoisotopic (exact) mass is 285 g/mol. The molecule has 0 amide bonds. The summed E-state index contributed by atoms with van der Waals surface area (Å²) >= 11 is 0. The Morgan fingerprint density at radius 1 is 1.33 bits per heavy atom. The molecule has 108 valence electrons. The molecule has 0 aliphatic carbocycles. The van der Waals surface area contributed by atoms with Crippen LogP contribution in [0.2, 0.25) is 0 Å². The van der Waals surface area contributed by atoms with E-state index in [1.54, 1.807) is 41.1 Å². The Bertz CT molecular complexity index is 823. The second kappa shape index (κ2) is 5.45. The molecule has 0 N–H and O–H groups in total. The van der Waals surface area contributed by atoms with Gasteiger partial charge in [-0.05, 0) is 12.1 Å². The van der Waals surface area contributed by atoms with E-state index < -0.39 is 0 Å². The first-order valence-electron chi connectivity index (χ1n) is 6.50. The molecular formula is C14H15N5O2. The van der Waals surface area contributed by atoms with E-state index in [0.717, 1.165) is 5.69 Å². The normalized spacial score (nSPS) is 12.7. The summed E-state index contributed by atoms with van der Waals surface area (Å²) in [5.74, 6) is 0. The third-order valence-electron chi connectivity index (χ3n) is 3.44. The molecule has 3 heterocycles. The molecular weight excluding hydrogens is 270 g/mol. The van der Waals surface area contributed by atoms with Gasteiger partial charge < -0.3 is 4.74 Å². The summed E-state index contributed by atoms with van der Waals surface area (Å²) in [6.07, 6.45) is 6.39. The Kier molecular flexibility index (Phi) is 3.49. The fourth-order valence-corrected chi connectivity index (χ4v) is 2.38.